The molecule has 3 rings (SSSR count). The van der Waals surface area contributed by atoms with Gasteiger partial charge in [-0.25, -0.2) is 0 Å². The fourth-order valence-electron chi connectivity index (χ4n) is 3.01. The first kappa shape index (κ1) is 16.7. The average Bonchev–Trinajstić information content (AvgIpc) is 2.54. The molecular weight excluding hydrogens is 304 g/mol. The molecule has 1 heteroatoms. The largest absolute Gasteiger partial charge is 0.0842 e. The summed E-state index contributed by atoms with van der Waals surface area (Å²) < 4.78 is 0. The van der Waals surface area contributed by atoms with Crippen LogP contribution in [0.15, 0.2) is 78.9 Å². The van der Waals surface area contributed by atoms with Crippen LogP contribution >= 0.6 is 0 Å². The van der Waals surface area contributed by atoms with E-state index in [9.17, 15) is 0 Å². The topological polar surface area (TPSA) is 0 Å². The molecule has 0 atom stereocenters. The van der Waals surface area contributed by atoms with Crippen molar-refractivity contribution < 1.29 is 0 Å². The number of rotatable bonds is 3. The zero-order valence-electron chi connectivity index (χ0n) is 14.9. The van der Waals surface area contributed by atoms with Crippen LogP contribution in [-0.4, -0.2) is 8.07 Å². The smallest absolute Gasteiger partial charge is 0.0775 e. The molecule has 122 valence electrons. The molecular formula is C23H26Si. The summed E-state index contributed by atoms with van der Waals surface area (Å²) in [6, 6.07) is 18.2. The van der Waals surface area contributed by atoms with Crippen molar-refractivity contribution >= 4 is 18.8 Å². The SMILES string of the molecule is C[Si](C)(C)c1ccc(-c2ccc(/C3=C/C=C\C=C/CC3)cc2)cc1. The fourth-order valence-corrected chi connectivity index (χ4v) is 4.18. The normalized spacial score (nSPS) is 19.7. The van der Waals surface area contributed by atoms with Gasteiger partial charge in [-0.15, -0.1) is 0 Å². The molecule has 1 aliphatic rings. The molecule has 24 heavy (non-hydrogen) atoms. The molecule has 2 aromatic carbocycles. The number of hydrogen-bond donors (Lipinski definition) is 0. The Morgan fingerprint density at radius 2 is 1.25 bits per heavy atom. The van der Waals surface area contributed by atoms with Gasteiger partial charge < -0.3 is 0 Å². The van der Waals surface area contributed by atoms with E-state index in [1.54, 1.807) is 0 Å². The van der Waals surface area contributed by atoms with Crippen molar-refractivity contribution in [1.82, 2.24) is 0 Å². The molecule has 0 saturated heterocycles. The Morgan fingerprint density at radius 1 is 0.667 bits per heavy atom. The quantitative estimate of drug-likeness (QED) is 0.589. The predicted octanol–water partition coefficient (Wildman–Crippen LogP) is 6.19. The lowest BCUT2D eigenvalue weighted by atomic mass is 9.96. The highest BCUT2D eigenvalue weighted by Crippen LogP contribution is 2.25. The van der Waals surface area contributed by atoms with Crippen molar-refractivity contribution in [3.8, 4) is 11.1 Å². The Bertz CT molecular complexity index is 766. The summed E-state index contributed by atoms with van der Waals surface area (Å²) in [6.45, 7) is 7.18. The van der Waals surface area contributed by atoms with Crippen LogP contribution in [0.2, 0.25) is 19.6 Å². The van der Waals surface area contributed by atoms with Gasteiger partial charge in [0, 0.05) is 0 Å². The van der Waals surface area contributed by atoms with Gasteiger partial charge in [0.2, 0.25) is 0 Å². The van der Waals surface area contributed by atoms with E-state index in [1.165, 1.54) is 27.5 Å². The Hall–Kier alpha value is -2.12. The first-order chi connectivity index (χ1) is 11.5. The number of allylic oxidation sites excluding steroid dienone is 6. The molecule has 0 N–H and O–H groups in total. The molecule has 0 aromatic heterocycles. The predicted molar refractivity (Wildman–Crippen MR) is 110 cm³/mol. The highest BCUT2D eigenvalue weighted by molar-refractivity contribution is 6.88. The maximum Gasteiger partial charge on any atom is 0.0775 e. The summed E-state index contributed by atoms with van der Waals surface area (Å²) in [6.07, 6.45) is 13.0. The maximum absolute atomic E-state index is 2.39. The maximum atomic E-state index is 2.39. The molecule has 0 saturated carbocycles. The fraction of sp³-hybridized carbons (Fsp3) is 0.217. The summed E-state index contributed by atoms with van der Waals surface area (Å²) >= 11 is 0. The summed E-state index contributed by atoms with van der Waals surface area (Å²) in [5.74, 6) is 0. The molecule has 1 aliphatic carbocycles. The van der Waals surface area contributed by atoms with E-state index < -0.39 is 8.07 Å². The van der Waals surface area contributed by atoms with E-state index >= 15 is 0 Å². The minimum Gasteiger partial charge on any atom is -0.0842 e. The molecule has 0 amide bonds. The van der Waals surface area contributed by atoms with Crippen LogP contribution in [0.1, 0.15) is 18.4 Å². The van der Waals surface area contributed by atoms with Crippen LogP contribution in [0.3, 0.4) is 0 Å². The molecule has 2 aromatic rings. The van der Waals surface area contributed by atoms with Crippen molar-refractivity contribution in [2.45, 2.75) is 32.5 Å². The molecule has 0 fully saturated rings. The van der Waals surface area contributed by atoms with Crippen LogP contribution in [0.5, 0.6) is 0 Å². The molecule has 0 unspecified atom stereocenters. The van der Waals surface area contributed by atoms with Gasteiger partial charge in [0.05, 0.1) is 8.07 Å². The zero-order chi connectivity index (χ0) is 17.0. The van der Waals surface area contributed by atoms with Crippen LogP contribution in [0.4, 0.5) is 0 Å². The Balaban J connectivity index is 1.82. The monoisotopic (exact) mass is 330 g/mol. The highest BCUT2D eigenvalue weighted by atomic mass is 28.3. The van der Waals surface area contributed by atoms with Crippen LogP contribution in [0, 0.1) is 0 Å². The third-order valence-corrected chi connectivity index (χ3v) is 6.64. The van der Waals surface area contributed by atoms with Crippen LogP contribution < -0.4 is 5.19 Å². The second-order valence-electron chi connectivity index (χ2n) is 7.45. The van der Waals surface area contributed by atoms with Crippen LogP contribution in [0.25, 0.3) is 16.7 Å². The Kier molecular flexibility index (Phi) is 5.01. The van der Waals surface area contributed by atoms with Gasteiger partial charge in [0.1, 0.15) is 0 Å². The molecule has 0 nitrogen and oxygen atoms in total. The van der Waals surface area contributed by atoms with Crippen molar-refractivity contribution in [2.24, 2.45) is 0 Å². The van der Waals surface area contributed by atoms with E-state index in [4.69, 9.17) is 0 Å². The second kappa shape index (κ2) is 7.19. The lowest BCUT2D eigenvalue weighted by Gasteiger charge is -2.17. The Morgan fingerprint density at radius 3 is 1.88 bits per heavy atom. The van der Waals surface area contributed by atoms with Gasteiger partial charge in [-0.05, 0) is 35.1 Å². The molecule has 0 spiro atoms. The van der Waals surface area contributed by atoms with Crippen LogP contribution in [-0.2, 0) is 0 Å². The summed E-state index contributed by atoms with van der Waals surface area (Å²) in [5.41, 5.74) is 5.34. The molecule has 0 heterocycles. The first-order valence-electron chi connectivity index (χ1n) is 8.78. The summed E-state index contributed by atoms with van der Waals surface area (Å²) in [4.78, 5) is 0. The molecule has 0 aliphatic heterocycles. The first-order valence-corrected chi connectivity index (χ1v) is 12.3. The third-order valence-electron chi connectivity index (χ3n) is 4.58. The summed E-state index contributed by atoms with van der Waals surface area (Å²) in [7, 11) is -1.22. The van der Waals surface area contributed by atoms with Gasteiger partial charge in [-0.3, -0.25) is 0 Å². The lowest BCUT2D eigenvalue weighted by molar-refractivity contribution is 1.07. The zero-order valence-corrected chi connectivity index (χ0v) is 15.9. The van der Waals surface area contributed by atoms with E-state index in [-0.39, 0.29) is 0 Å². The van der Waals surface area contributed by atoms with Gasteiger partial charge in [0.15, 0.2) is 0 Å². The van der Waals surface area contributed by atoms with Crippen molar-refractivity contribution in [3.63, 3.8) is 0 Å². The molecule has 0 radical (unpaired) electrons. The van der Waals surface area contributed by atoms with Gasteiger partial charge >= 0.3 is 0 Å². The number of hydrogen-bond acceptors (Lipinski definition) is 0. The van der Waals surface area contributed by atoms with E-state index in [2.05, 4.69) is 98.6 Å². The Labute approximate surface area is 147 Å². The third kappa shape index (κ3) is 4.04. The summed E-state index contributed by atoms with van der Waals surface area (Å²) in [5, 5.41) is 1.52. The van der Waals surface area contributed by atoms with Crippen molar-refractivity contribution in [2.75, 3.05) is 0 Å². The van der Waals surface area contributed by atoms with Crippen molar-refractivity contribution in [3.05, 3.63) is 84.5 Å². The number of benzene rings is 2. The van der Waals surface area contributed by atoms with E-state index in [0.717, 1.165) is 12.8 Å². The molecule has 0 bridgehead atoms. The lowest BCUT2D eigenvalue weighted by Crippen LogP contribution is -2.37. The standard InChI is InChI=1S/C23H26Si/c1-24(2,3)23-17-15-22(16-18-23)21-13-11-20(12-14-21)19-9-7-5-4-6-8-10-19/h4-7,9,11-18H,8,10H2,1-3H3/b6-4-,7-5-,19-9+. The van der Waals surface area contributed by atoms with Gasteiger partial charge in [-0.2, -0.15) is 0 Å². The van der Waals surface area contributed by atoms with E-state index in [0.29, 0.717) is 0 Å². The highest BCUT2D eigenvalue weighted by Gasteiger charge is 2.15. The minimum atomic E-state index is -1.22. The minimum absolute atomic E-state index is 1.10. The van der Waals surface area contributed by atoms with Gasteiger partial charge in [0.25, 0.3) is 0 Å². The van der Waals surface area contributed by atoms with E-state index in [1.807, 2.05) is 0 Å². The van der Waals surface area contributed by atoms with Gasteiger partial charge in [-0.1, -0.05) is 104 Å². The second-order valence-corrected chi connectivity index (χ2v) is 12.5. The average molecular weight is 331 g/mol. The van der Waals surface area contributed by atoms with Crippen molar-refractivity contribution in [1.29, 1.82) is 0 Å².